The van der Waals surface area contributed by atoms with Crippen molar-refractivity contribution >= 4 is 17.5 Å². The topological polar surface area (TPSA) is 66.7 Å². The van der Waals surface area contributed by atoms with Gasteiger partial charge in [0.15, 0.2) is 0 Å². The Morgan fingerprint density at radius 2 is 1.97 bits per heavy atom. The Morgan fingerprint density at radius 1 is 1.17 bits per heavy atom. The standard InChI is InChI=1S/C24H28N4O2/c1-17-12-18(2)14-20(13-17)24(30)28-11-5-6-19(15-28)23(29)25-9-8-21-16-27-10-4-3-7-22(27)26-21/h3-4,7,10,12-14,16,19H,5-6,8-9,11,15H2,1-2H3,(H,25,29)/t19-/m0/s1. The lowest BCUT2D eigenvalue weighted by Gasteiger charge is -2.32. The second kappa shape index (κ2) is 8.69. The highest BCUT2D eigenvalue weighted by atomic mass is 16.2. The Balaban J connectivity index is 1.32. The Hall–Kier alpha value is -3.15. The van der Waals surface area contributed by atoms with E-state index in [2.05, 4.69) is 16.4 Å². The number of rotatable bonds is 5. The van der Waals surface area contributed by atoms with Crippen molar-refractivity contribution in [1.29, 1.82) is 0 Å². The minimum Gasteiger partial charge on any atom is -0.355 e. The van der Waals surface area contributed by atoms with Crippen molar-refractivity contribution in [3.63, 3.8) is 0 Å². The van der Waals surface area contributed by atoms with Gasteiger partial charge in [0.05, 0.1) is 11.6 Å². The number of nitrogens with one attached hydrogen (secondary N) is 1. The van der Waals surface area contributed by atoms with Crippen LogP contribution in [0, 0.1) is 19.8 Å². The number of likely N-dealkylation sites (tertiary alicyclic amines) is 1. The van der Waals surface area contributed by atoms with Gasteiger partial charge in [-0.3, -0.25) is 9.59 Å². The first kappa shape index (κ1) is 20.1. The molecule has 6 heteroatoms. The number of carbonyl (C=O) groups excluding carboxylic acids is 2. The van der Waals surface area contributed by atoms with Gasteiger partial charge in [0.25, 0.3) is 5.91 Å². The predicted molar refractivity (Wildman–Crippen MR) is 116 cm³/mol. The molecule has 1 aliphatic rings. The van der Waals surface area contributed by atoms with Crippen molar-refractivity contribution in [2.24, 2.45) is 5.92 Å². The Labute approximate surface area is 176 Å². The van der Waals surface area contributed by atoms with Gasteiger partial charge in [0.2, 0.25) is 5.91 Å². The number of aryl methyl sites for hydroxylation is 2. The molecule has 0 spiro atoms. The van der Waals surface area contributed by atoms with Gasteiger partial charge in [-0.2, -0.15) is 0 Å². The highest BCUT2D eigenvalue weighted by Crippen LogP contribution is 2.20. The zero-order valence-electron chi connectivity index (χ0n) is 17.6. The van der Waals surface area contributed by atoms with Crippen LogP contribution in [-0.2, 0) is 11.2 Å². The third-order valence-electron chi connectivity index (χ3n) is 5.64. The molecule has 4 rings (SSSR count). The molecule has 1 saturated heterocycles. The molecule has 0 radical (unpaired) electrons. The van der Waals surface area contributed by atoms with Crippen LogP contribution in [-0.4, -0.2) is 45.7 Å². The maximum Gasteiger partial charge on any atom is 0.253 e. The molecule has 0 aliphatic carbocycles. The van der Waals surface area contributed by atoms with Crippen LogP contribution in [0.4, 0.5) is 0 Å². The first-order chi connectivity index (χ1) is 14.5. The maximum absolute atomic E-state index is 12.9. The van der Waals surface area contributed by atoms with Gasteiger partial charge in [0, 0.05) is 44.0 Å². The molecule has 6 nitrogen and oxygen atoms in total. The van der Waals surface area contributed by atoms with Crippen molar-refractivity contribution in [1.82, 2.24) is 19.6 Å². The molecule has 0 saturated carbocycles. The van der Waals surface area contributed by atoms with Gasteiger partial charge in [-0.05, 0) is 51.0 Å². The zero-order chi connectivity index (χ0) is 21.1. The summed E-state index contributed by atoms with van der Waals surface area (Å²) in [6, 6.07) is 11.8. The third-order valence-corrected chi connectivity index (χ3v) is 5.64. The molecule has 1 N–H and O–H groups in total. The van der Waals surface area contributed by atoms with E-state index in [1.807, 2.05) is 65.9 Å². The van der Waals surface area contributed by atoms with Crippen LogP contribution in [0.2, 0.25) is 0 Å². The SMILES string of the molecule is Cc1cc(C)cc(C(=O)N2CCC[C@H](C(=O)NCCc3cn4ccccc4n3)C2)c1. The summed E-state index contributed by atoms with van der Waals surface area (Å²) in [7, 11) is 0. The van der Waals surface area contributed by atoms with Crippen molar-refractivity contribution < 1.29 is 9.59 Å². The number of fused-ring (bicyclic) bond motifs is 1. The Bertz CT molecular complexity index is 1020. The van der Waals surface area contributed by atoms with Crippen LogP contribution < -0.4 is 5.32 Å². The monoisotopic (exact) mass is 404 g/mol. The van der Waals surface area contributed by atoms with Crippen molar-refractivity contribution in [2.75, 3.05) is 19.6 Å². The fraction of sp³-hybridized carbons (Fsp3) is 0.375. The average molecular weight is 405 g/mol. The van der Waals surface area contributed by atoms with Gasteiger partial charge < -0.3 is 14.6 Å². The van der Waals surface area contributed by atoms with E-state index in [1.54, 1.807) is 0 Å². The second-order valence-corrected chi connectivity index (χ2v) is 8.21. The molecular formula is C24H28N4O2. The molecule has 1 aliphatic heterocycles. The average Bonchev–Trinajstić information content (AvgIpc) is 3.15. The highest BCUT2D eigenvalue weighted by Gasteiger charge is 2.28. The van der Waals surface area contributed by atoms with E-state index in [0.717, 1.165) is 35.3 Å². The van der Waals surface area contributed by atoms with Crippen molar-refractivity contribution in [3.8, 4) is 0 Å². The summed E-state index contributed by atoms with van der Waals surface area (Å²) in [5.74, 6) is -0.115. The molecule has 30 heavy (non-hydrogen) atoms. The van der Waals surface area contributed by atoms with Crippen molar-refractivity contribution in [3.05, 3.63) is 71.2 Å². The van der Waals surface area contributed by atoms with Crippen LogP contribution in [0.15, 0.2) is 48.8 Å². The molecule has 1 atom stereocenters. The molecule has 1 fully saturated rings. The van der Waals surface area contributed by atoms with Crippen LogP contribution in [0.5, 0.6) is 0 Å². The first-order valence-electron chi connectivity index (χ1n) is 10.6. The molecule has 0 bridgehead atoms. The lowest BCUT2D eigenvalue weighted by Crippen LogP contribution is -2.45. The molecule has 2 aromatic heterocycles. The number of benzene rings is 1. The van der Waals surface area contributed by atoms with E-state index in [4.69, 9.17) is 0 Å². The summed E-state index contributed by atoms with van der Waals surface area (Å²) in [6.07, 6.45) is 6.31. The summed E-state index contributed by atoms with van der Waals surface area (Å²) in [6.45, 7) is 5.73. The normalized spacial score (nSPS) is 16.6. The van der Waals surface area contributed by atoms with Gasteiger partial charge in [0.1, 0.15) is 5.65 Å². The molecule has 2 amide bonds. The summed E-state index contributed by atoms with van der Waals surface area (Å²) in [5, 5.41) is 3.04. The molecule has 1 aromatic carbocycles. The molecule has 156 valence electrons. The molecule has 3 aromatic rings. The zero-order valence-corrected chi connectivity index (χ0v) is 17.6. The van der Waals surface area contributed by atoms with Gasteiger partial charge >= 0.3 is 0 Å². The number of aromatic nitrogens is 2. The van der Waals surface area contributed by atoms with E-state index in [-0.39, 0.29) is 17.7 Å². The fourth-order valence-electron chi connectivity index (χ4n) is 4.22. The summed E-state index contributed by atoms with van der Waals surface area (Å²) in [4.78, 5) is 32.0. The van der Waals surface area contributed by atoms with E-state index in [9.17, 15) is 9.59 Å². The van der Waals surface area contributed by atoms with E-state index < -0.39 is 0 Å². The van der Waals surface area contributed by atoms with Gasteiger partial charge in [-0.15, -0.1) is 0 Å². The Kier molecular flexibility index (Phi) is 5.84. The third kappa shape index (κ3) is 4.53. The quantitative estimate of drug-likeness (QED) is 0.710. The predicted octanol–water partition coefficient (Wildman–Crippen LogP) is 3.16. The molecule has 3 heterocycles. The highest BCUT2D eigenvalue weighted by molar-refractivity contribution is 5.95. The number of piperidine rings is 1. The number of amides is 2. The maximum atomic E-state index is 12.9. The number of hydrogen-bond donors (Lipinski definition) is 1. The molecular weight excluding hydrogens is 376 g/mol. The minimum atomic E-state index is -0.158. The lowest BCUT2D eigenvalue weighted by atomic mass is 9.96. The van der Waals surface area contributed by atoms with Gasteiger partial charge in [-0.25, -0.2) is 4.98 Å². The fourth-order valence-corrected chi connectivity index (χ4v) is 4.22. The summed E-state index contributed by atoms with van der Waals surface area (Å²) in [5.41, 5.74) is 4.73. The van der Waals surface area contributed by atoms with E-state index in [1.165, 1.54) is 0 Å². The first-order valence-corrected chi connectivity index (χ1v) is 10.6. The van der Waals surface area contributed by atoms with Crippen LogP contribution >= 0.6 is 0 Å². The number of pyridine rings is 1. The Morgan fingerprint density at radius 3 is 2.73 bits per heavy atom. The lowest BCUT2D eigenvalue weighted by molar-refractivity contribution is -0.126. The second-order valence-electron chi connectivity index (χ2n) is 8.21. The van der Waals surface area contributed by atoms with E-state index in [0.29, 0.717) is 31.6 Å². The van der Waals surface area contributed by atoms with E-state index >= 15 is 0 Å². The summed E-state index contributed by atoms with van der Waals surface area (Å²) < 4.78 is 1.98. The number of hydrogen-bond acceptors (Lipinski definition) is 3. The number of imidazole rings is 1. The van der Waals surface area contributed by atoms with Crippen LogP contribution in [0.3, 0.4) is 0 Å². The van der Waals surface area contributed by atoms with Crippen LogP contribution in [0.25, 0.3) is 5.65 Å². The summed E-state index contributed by atoms with van der Waals surface area (Å²) >= 11 is 0. The number of carbonyl (C=O) groups is 2. The largest absolute Gasteiger partial charge is 0.355 e. The minimum absolute atomic E-state index is 0.0176. The van der Waals surface area contributed by atoms with Gasteiger partial charge in [-0.1, -0.05) is 23.3 Å². The molecule has 0 unspecified atom stereocenters. The number of nitrogens with zero attached hydrogens (tertiary/aromatic N) is 3. The van der Waals surface area contributed by atoms with Crippen LogP contribution in [0.1, 0.15) is 40.0 Å². The smallest absolute Gasteiger partial charge is 0.253 e. The van der Waals surface area contributed by atoms with Crippen molar-refractivity contribution in [2.45, 2.75) is 33.1 Å².